The Hall–Kier alpha value is -5.09. The lowest BCUT2D eigenvalue weighted by molar-refractivity contribution is -0.630. The number of fused-ring (bicyclic) bond motifs is 11. The molecule has 55 heavy (non-hydrogen) atoms. The fourth-order valence-electron chi connectivity index (χ4n) is 9.97. The number of carbonyl (C=O) groups excluding carboxylic acids is 1. The summed E-state index contributed by atoms with van der Waals surface area (Å²) in [4.78, 5) is 13.9. The van der Waals surface area contributed by atoms with E-state index in [-0.39, 0.29) is 17.4 Å². The smallest absolute Gasteiger partial charge is 0.284 e. The molecule has 9 rings (SSSR count). The Morgan fingerprint density at radius 1 is 0.636 bits per heavy atom. The fourth-order valence-corrected chi connectivity index (χ4v) is 16.3. The molecule has 0 radical (unpaired) electrons. The highest BCUT2D eigenvalue weighted by molar-refractivity contribution is 7.79. The summed E-state index contributed by atoms with van der Waals surface area (Å²) in [6.45, 7) is 10.2. The van der Waals surface area contributed by atoms with Crippen molar-refractivity contribution in [1.29, 1.82) is 0 Å². The highest BCUT2D eigenvalue weighted by Gasteiger charge is 2.58. The average Bonchev–Trinajstić information content (AvgIpc) is 3.48. The van der Waals surface area contributed by atoms with Crippen molar-refractivity contribution < 1.29 is 23.3 Å². The van der Waals surface area contributed by atoms with Gasteiger partial charge in [0.2, 0.25) is 31.5 Å². The van der Waals surface area contributed by atoms with E-state index in [0.717, 1.165) is 55.6 Å². The van der Waals surface area contributed by atoms with Crippen LogP contribution >= 0.6 is 14.3 Å². The van der Waals surface area contributed by atoms with Crippen LogP contribution < -0.4 is 42.5 Å². The van der Waals surface area contributed by atoms with Gasteiger partial charge in [-0.05, 0) is 51.9 Å². The SMILES string of the molecule is CCc1ccc2c([n+]1N)P(=O)(CC)c1ccccc1C21c2ccccc2-c2cc(CC(C)P3(=O)c4ccccc4C(=O)c4ccc(C(C)C)[n+](N)c43)ccc21. The maximum atomic E-state index is 16.0. The van der Waals surface area contributed by atoms with Crippen LogP contribution in [0, 0.1) is 0 Å². The number of benzene rings is 4. The van der Waals surface area contributed by atoms with Crippen LogP contribution in [-0.4, -0.2) is 17.6 Å². The molecule has 2 aliphatic heterocycles. The van der Waals surface area contributed by atoms with Crippen molar-refractivity contribution in [1.82, 2.24) is 0 Å². The van der Waals surface area contributed by atoms with Crippen molar-refractivity contribution in [3.63, 3.8) is 0 Å². The number of nitrogens with zero attached hydrogens (tertiary/aromatic N) is 2. The summed E-state index contributed by atoms with van der Waals surface area (Å²) < 4.78 is 34.6. The number of hydrogen-bond donors (Lipinski definition) is 2. The molecule has 6 aromatic rings. The van der Waals surface area contributed by atoms with Crippen LogP contribution in [0.4, 0.5) is 0 Å². The third-order valence-corrected chi connectivity index (χ3v) is 19.4. The lowest BCUT2D eigenvalue weighted by Gasteiger charge is -2.40. The zero-order valence-corrected chi connectivity index (χ0v) is 33.7. The predicted octanol–water partition coefficient (Wildman–Crippen LogP) is 5.87. The molecule has 4 aromatic carbocycles. The van der Waals surface area contributed by atoms with Crippen LogP contribution in [0.5, 0.6) is 0 Å². The van der Waals surface area contributed by atoms with Crippen molar-refractivity contribution >= 4 is 41.5 Å². The summed E-state index contributed by atoms with van der Waals surface area (Å²) in [5.41, 5.74) is 10.1. The molecular weight excluding hydrogens is 718 g/mol. The van der Waals surface area contributed by atoms with E-state index in [9.17, 15) is 4.79 Å². The zero-order valence-electron chi connectivity index (χ0n) is 31.9. The van der Waals surface area contributed by atoms with Crippen molar-refractivity contribution in [3.05, 3.63) is 166 Å². The molecule has 276 valence electrons. The number of nitrogen functional groups attached to an aromatic ring is 2. The Labute approximate surface area is 322 Å². The van der Waals surface area contributed by atoms with Crippen LogP contribution in [0.15, 0.2) is 115 Å². The molecule has 4 N–H and O–H groups in total. The van der Waals surface area contributed by atoms with Crippen LogP contribution in [-0.2, 0) is 27.4 Å². The molecule has 0 bridgehead atoms. The first kappa shape index (κ1) is 35.6. The topological polar surface area (TPSA) is 111 Å². The molecule has 1 spiro atoms. The van der Waals surface area contributed by atoms with E-state index < -0.39 is 19.7 Å². The highest BCUT2D eigenvalue weighted by atomic mass is 31.2. The lowest BCUT2D eigenvalue weighted by Crippen LogP contribution is -2.65. The third-order valence-electron chi connectivity index (χ3n) is 12.6. The Balaban J connectivity index is 1.25. The molecule has 7 nitrogen and oxygen atoms in total. The second-order valence-corrected chi connectivity index (χ2v) is 21.7. The van der Waals surface area contributed by atoms with Crippen LogP contribution in [0.25, 0.3) is 11.1 Å². The summed E-state index contributed by atoms with van der Waals surface area (Å²) in [5, 5.41) is 1.43. The molecule has 4 heterocycles. The fraction of sp³-hybridized carbons (Fsp3) is 0.239. The molecule has 0 fully saturated rings. The second-order valence-electron chi connectivity index (χ2n) is 15.6. The van der Waals surface area contributed by atoms with Crippen LogP contribution in [0.1, 0.15) is 95.7 Å². The first-order chi connectivity index (χ1) is 26.4. The first-order valence-corrected chi connectivity index (χ1v) is 23.0. The van der Waals surface area contributed by atoms with Crippen LogP contribution in [0.2, 0.25) is 0 Å². The van der Waals surface area contributed by atoms with Gasteiger partial charge >= 0.3 is 0 Å². The number of aromatic nitrogens is 2. The van der Waals surface area contributed by atoms with Gasteiger partial charge in [-0.1, -0.05) is 135 Å². The summed E-state index contributed by atoms with van der Waals surface area (Å²) in [7, 11) is -6.57. The van der Waals surface area contributed by atoms with Crippen molar-refractivity contribution in [2.45, 2.75) is 64.5 Å². The van der Waals surface area contributed by atoms with Gasteiger partial charge in [0, 0.05) is 52.5 Å². The number of ketones is 1. The molecular formula is C46H46N4O3P2+2. The van der Waals surface area contributed by atoms with E-state index in [0.29, 0.717) is 46.3 Å². The zero-order chi connectivity index (χ0) is 38.6. The first-order valence-electron chi connectivity index (χ1n) is 19.3. The maximum Gasteiger partial charge on any atom is 0.284 e. The van der Waals surface area contributed by atoms with Gasteiger partial charge < -0.3 is 9.13 Å². The standard InChI is InChI=1S/C46H46N4O3P2/c1-6-31-21-24-39-45(49(31)47)54(52,7-2)42-19-13-11-17-38(42)46(39)36-16-10-8-14-32(36)35-27-30(20-23-37(35)46)26-29(5)55(53)41-18-12-9-15-33(41)43(51)34-22-25-40(28(3)4)50(48)44(34)55/h8-25,27-29H,6-7,26,47-48H2,1-5H3/q+2. The van der Waals surface area contributed by atoms with Gasteiger partial charge in [0.05, 0.1) is 11.0 Å². The lowest BCUT2D eigenvalue weighted by atomic mass is 9.67. The average molecular weight is 765 g/mol. The Bertz CT molecular complexity index is 2740. The summed E-state index contributed by atoms with van der Waals surface area (Å²) >= 11 is 0. The van der Waals surface area contributed by atoms with E-state index in [1.807, 2.05) is 70.2 Å². The minimum absolute atomic E-state index is 0.0685. The van der Waals surface area contributed by atoms with Gasteiger partial charge in [0.1, 0.15) is 5.56 Å². The number of hydrogen-bond acceptors (Lipinski definition) is 5. The molecule has 0 saturated carbocycles. The molecule has 4 unspecified atom stereocenters. The molecule has 1 aliphatic carbocycles. The van der Waals surface area contributed by atoms with Crippen molar-refractivity contribution in [2.75, 3.05) is 17.8 Å². The minimum Gasteiger partial charge on any atom is -0.307 e. The van der Waals surface area contributed by atoms with Gasteiger partial charge in [-0.3, -0.25) is 4.79 Å². The molecule has 3 aliphatic rings. The van der Waals surface area contributed by atoms with E-state index in [2.05, 4.69) is 73.7 Å². The van der Waals surface area contributed by atoms with Crippen molar-refractivity contribution in [2.24, 2.45) is 0 Å². The monoisotopic (exact) mass is 764 g/mol. The molecule has 2 aromatic heterocycles. The summed E-state index contributed by atoms with van der Waals surface area (Å²) in [6.07, 6.45) is 1.67. The van der Waals surface area contributed by atoms with E-state index in [4.69, 9.17) is 11.7 Å². The van der Waals surface area contributed by atoms with Gasteiger partial charge in [-0.2, -0.15) is 0 Å². The molecule has 9 heteroatoms. The maximum absolute atomic E-state index is 16.0. The number of pyridine rings is 2. The predicted molar refractivity (Wildman–Crippen MR) is 222 cm³/mol. The molecule has 0 saturated heterocycles. The van der Waals surface area contributed by atoms with E-state index >= 15 is 9.13 Å². The Morgan fingerprint density at radius 2 is 1.27 bits per heavy atom. The Kier molecular flexibility index (Phi) is 8.07. The molecule has 4 atom stereocenters. The summed E-state index contributed by atoms with van der Waals surface area (Å²) in [6, 6.07) is 38.7. The summed E-state index contributed by atoms with van der Waals surface area (Å²) in [5.74, 6) is 13.7. The third kappa shape index (κ3) is 4.54. The van der Waals surface area contributed by atoms with Gasteiger partial charge in [-0.15, -0.1) is 0 Å². The Morgan fingerprint density at radius 3 is 1.98 bits per heavy atom. The highest BCUT2D eigenvalue weighted by Crippen LogP contribution is 2.62. The van der Waals surface area contributed by atoms with E-state index in [1.165, 1.54) is 4.68 Å². The second kappa shape index (κ2) is 12.5. The number of aryl methyl sites for hydroxylation is 1. The van der Waals surface area contributed by atoms with Gasteiger partial charge in [0.15, 0.2) is 0 Å². The quantitative estimate of drug-likeness (QED) is 0.125. The van der Waals surface area contributed by atoms with Gasteiger partial charge in [-0.25, -0.2) is 11.7 Å². The number of nitrogens with two attached hydrogens (primary N) is 2. The largest absolute Gasteiger partial charge is 0.307 e. The minimum atomic E-state index is -3.46. The van der Waals surface area contributed by atoms with Gasteiger partial charge in [0.25, 0.3) is 10.9 Å². The van der Waals surface area contributed by atoms with E-state index in [1.54, 1.807) is 10.7 Å². The normalized spacial score (nSPS) is 22.0. The van der Waals surface area contributed by atoms with Crippen LogP contribution in [0.3, 0.4) is 0 Å². The molecule has 0 amide bonds. The number of rotatable bonds is 6. The number of carbonyl (C=O) groups is 1. The van der Waals surface area contributed by atoms with Crippen molar-refractivity contribution in [3.8, 4) is 11.1 Å².